The fraction of sp³-hybridized carbons (Fsp3) is 0.211. The molecule has 0 saturated heterocycles. The van der Waals surface area contributed by atoms with Crippen molar-refractivity contribution < 1.29 is 13.9 Å². The van der Waals surface area contributed by atoms with Gasteiger partial charge in [-0.25, -0.2) is 23.1 Å². The standard InChI is InChI=1S/C19H15F2IN6O2/c1-11(28-18(29)14-4-3-13(22)7-17(14)25-26-28)19(30,8-27-10-23-9-24-27)15-5-2-12(20)6-16(15)21/h2-7,9-11,30H,8H2,1H3/t11-,19-/m1/s1. The lowest BCUT2D eigenvalue weighted by Gasteiger charge is -2.34. The van der Waals surface area contributed by atoms with E-state index in [4.69, 9.17) is 0 Å². The Kier molecular flexibility index (Phi) is 5.32. The van der Waals surface area contributed by atoms with Crippen LogP contribution in [0.4, 0.5) is 8.78 Å². The highest BCUT2D eigenvalue weighted by molar-refractivity contribution is 14.1. The number of fused-ring (bicyclic) bond motifs is 1. The van der Waals surface area contributed by atoms with Gasteiger partial charge in [-0.3, -0.25) is 4.79 Å². The van der Waals surface area contributed by atoms with Gasteiger partial charge in [0.15, 0.2) is 0 Å². The van der Waals surface area contributed by atoms with Gasteiger partial charge in [0.25, 0.3) is 5.56 Å². The summed E-state index contributed by atoms with van der Waals surface area (Å²) in [6.07, 6.45) is 2.60. The van der Waals surface area contributed by atoms with Crippen LogP contribution in [0, 0.1) is 15.2 Å². The summed E-state index contributed by atoms with van der Waals surface area (Å²) in [4.78, 5) is 16.9. The first kappa shape index (κ1) is 20.5. The zero-order chi connectivity index (χ0) is 21.5. The molecule has 0 aliphatic heterocycles. The Balaban J connectivity index is 1.88. The van der Waals surface area contributed by atoms with Crippen molar-refractivity contribution in [1.82, 2.24) is 29.8 Å². The lowest BCUT2D eigenvalue weighted by molar-refractivity contribution is -0.0390. The predicted molar refractivity (Wildman–Crippen MR) is 112 cm³/mol. The molecule has 2 aromatic carbocycles. The van der Waals surface area contributed by atoms with Crippen LogP contribution in [0.1, 0.15) is 18.5 Å². The zero-order valence-corrected chi connectivity index (χ0v) is 17.7. The number of aromatic nitrogens is 6. The molecule has 8 nitrogen and oxygen atoms in total. The van der Waals surface area contributed by atoms with Crippen molar-refractivity contribution in [3.8, 4) is 0 Å². The van der Waals surface area contributed by atoms with Gasteiger partial charge in [-0.05, 0) is 53.8 Å². The summed E-state index contributed by atoms with van der Waals surface area (Å²) in [5, 5.41) is 23.9. The van der Waals surface area contributed by atoms with Crippen molar-refractivity contribution in [2.24, 2.45) is 0 Å². The topological polar surface area (TPSA) is 98.7 Å². The lowest BCUT2D eigenvalue weighted by Crippen LogP contribution is -2.44. The van der Waals surface area contributed by atoms with Gasteiger partial charge < -0.3 is 5.11 Å². The molecule has 0 bridgehead atoms. The van der Waals surface area contributed by atoms with Crippen molar-refractivity contribution >= 4 is 33.5 Å². The van der Waals surface area contributed by atoms with Crippen LogP contribution in [-0.2, 0) is 12.1 Å². The maximum absolute atomic E-state index is 14.7. The quantitative estimate of drug-likeness (QED) is 0.403. The van der Waals surface area contributed by atoms with Crippen LogP contribution in [-0.4, -0.2) is 34.9 Å². The number of rotatable bonds is 5. The molecule has 0 aliphatic carbocycles. The van der Waals surface area contributed by atoms with Gasteiger partial charge >= 0.3 is 0 Å². The maximum atomic E-state index is 14.7. The van der Waals surface area contributed by atoms with Crippen molar-refractivity contribution in [1.29, 1.82) is 0 Å². The third kappa shape index (κ3) is 3.58. The van der Waals surface area contributed by atoms with Gasteiger partial charge in [-0.15, -0.1) is 5.10 Å². The molecular formula is C19H15F2IN6O2. The molecule has 11 heteroatoms. The minimum absolute atomic E-state index is 0.205. The van der Waals surface area contributed by atoms with E-state index < -0.39 is 28.8 Å². The first-order valence-electron chi connectivity index (χ1n) is 8.84. The maximum Gasteiger partial charge on any atom is 0.277 e. The molecule has 30 heavy (non-hydrogen) atoms. The van der Waals surface area contributed by atoms with Crippen molar-refractivity contribution in [3.63, 3.8) is 0 Å². The van der Waals surface area contributed by atoms with Crippen LogP contribution in [0.5, 0.6) is 0 Å². The molecule has 154 valence electrons. The number of hydrogen-bond acceptors (Lipinski definition) is 6. The zero-order valence-electron chi connectivity index (χ0n) is 15.6. The predicted octanol–water partition coefficient (Wildman–Crippen LogP) is 2.41. The van der Waals surface area contributed by atoms with Crippen molar-refractivity contribution in [3.05, 3.63) is 80.2 Å². The monoisotopic (exact) mass is 524 g/mol. The van der Waals surface area contributed by atoms with Crippen LogP contribution in [0.15, 0.2) is 53.8 Å². The molecule has 2 heterocycles. The molecule has 0 saturated carbocycles. The molecule has 0 aliphatic rings. The number of hydrogen-bond donors (Lipinski definition) is 1. The Labute approximate surface area is 182 Å². The Hall–Kier alpha value is -2.80. The fourth-order valence-electron chi connectivity index (χ4n) is 3.33. The smallest absolute Gasteiger partial charge is 0.277 e. The van der Waals surface area contributed by atoms with E-state index in [1.165, 1.54) is 24.3 Å². The molecule has 2 aromatic heterocycles. The molecule has 0 spiro atoms. The third-order valence-electron chi connectivity index (χ3n) is 4.97. The van der Waals surface area contributed by atoms with Crippen molar-refractivity contribution in [2.75, 3.05) is 0 Å². The minimum atomic E-state index is -2.01. The summed E-state index contributed by atoms with van der Waals surface area (Å²) in [6, 6.07) is 6.85. The number of benzene rings is 2. The summed E-state index contributed by atoms with van der Waals surface area (Å²) in [5.41, 5.74) is -2.31. The van der Waals surface area contributed by atoms with Crippen LogP contribution < -0.4 is 5.56 Å². The van der Waals surface area contributed by atoms with Crippen LogP contribution in [0.25, 0.3) is 10.9 Å². The molecule has 4 aromatic rings. The lowest BCUT2D eigenvalue weighted by atomic mass is 9.86. The van der Waals surface area contributed by atoms with Crippen LogP contribution in [0.3, 0.4) is 0 Å². The third-order valence-corrected chi connectivity index (χ3v) is 5.64. The molecule has 0 fully saturated rings. The Morgan fingerprint density at radius 2 is 2.03 bits per heavy atom. The average molecular weight is 524 g/mol. The summed E-state index contributed by atoms with van der Waals surface area (Å²) in [7, 11) is 0. The highest BCUT2D eigenvalue weighted by Crippen LogP contribution is 2.35. The first-order chi connectivity index (χ1) is 14.3. The van der Waals surface area contributed by atoms with E-state index in [2.05, 4.69) is 43.0 Å². The van der Waals surface area contributed by atoms with Gasteiger partial charge in [0.05, 0.1) is 18.0 Å². The highest BCUT2D eigenvalue weighted by Gasteiger charge is 2.41. The molecular weight excluding hydrogens is 509 g/mol. The van der Waals surface area contributed by atoms with E-state index in [0.29, 0.717) is 17.0 Å². The van der Waals surface area contributed by atoms with Gasteiger partial charge in [0.1, 0.15) is 35.4 Å². The highest BCUT2D eigenvalue weighted by atomic mass is 127. The molecule has 0 unspecified atom stereocenters. The summed E-state index contributed by atoms with van der Waals surface area (Å²) >= 11 is 2.10. The molecule has 4 rings (SSSR count). The number of nitrogens with zero attached hydrogens (tertiary/aromatic N) is 6. The minimum Gasteiger partial charge on any atom is -0.381 e. The van der Waals surface area contributed by atoms with E-state index in [-0.39, 0.29) is 12.1 Å². The normalized spacial score (nSPS) is 14.6. The number of halogens is 3. The van der Waals surface area contributed by atoms with Crippen molar-refractivity contribution in [2.45, 2.75) is 25.1 Å². The SMILES string of the molecule is C[C@@H](n1nnc2cc(I)ccc2c1=O)[C@](O)(Cn1cncn1)c1ccc(F)cc1F. The largest absolute Gasteiger partial charge is 0.381 e. The van der Waals surface area contributed by atoms with Gasteiger partial charge in [0, 0.05) is 15.2 Å². The second-order valence-corrected chi connectivity index (χ2v) is 8.06. The second kappa shape index (κ2) is 7.80. The Morgan fingerprint density at radius 1 is 1.23 bits per heavy atom. The summed E-state index contributed by atoms with van der Waals surface area (Å²) in [5.74, 6) is -1.75. The van der Waals surface area contributed by atoms with E-state index in [1.807, 2.05) is 0 Å². The Morgan fingerprint density at radius 3 is 2.73 bits per heavy atom. The second-order valence-electron chi connectivity index (χ2n) is 6.82. The van der Waals surface area contributed by atoms with Gasteiger partial charge in [-0.2, -0.15) is 5.10 Å². The van der Waals surface area contributed by atoms with E-state index in [1.54, 1.807) is 18.2 Å². The first-order valence-corrected chi connectivity index (χ1v) is 9.92. The van der Waals surface area contributed by atoms with Gasteiger partial charge in [0.2, 0.25) is 0 Å². The molecule has 2 atom stereocenters. The summed E-state index contributed by atoms with van der Waals surface area (Å²) < 4.78 is 31.3. The van der Waals surface area contributed by atoms with E-state index >= 15 is 0 Å². The van der Waals surface area contributed by atoms with Gasteiger partial charge in [-0.1, -0.05) is 11.3 Å². The fourth-order valence-corrected chi connectivity index (χ4v) is 3.80. The molecule has 0 amide bonds. The van der Waals surface area contributed by atoms with E-state index in [9.17, 15) is 18.7 Å². The number of aliphatic hydroxyl groups is 1. The Bertz CT molecular complexity index is 1280. The summed E-state index contributed by atoms with van der Waals surface area (Å²) in [6.45, 7) is 1.25. The van der Waals surface area contributed by atoms with Crippen LogP contribution >= 0.6 is 22.6 Å². The van der Waals surface area contributed by atoms with Crippen LogP contribution in [0.2, 0.25) is 0 Å². The molecule has 1 N–H and O–H groups in total. The molecule has 0 radical (unpaired) electrons. The average Bonchev–Trinajstić information content (AvgIpc) is 3.20. The van der Waals surface area contributed by atoms with E-state index in [0.717, 1.165) is 20.4 Å².